The molecule has 0 saturated carbocycles. The van der Waals surface area contributed by atoms with E-state index in [1.54, 1.807) is 38.1 Å². The van der Waals surface area contributed by atoms with Crippen LogP contribution in [0.1, 0.15) is 41.8 Å². The third-order valence-electron chi connectivity index (χ3n) is 3.55. The largest absolute Gasteiger partial charge is 0.466 e. The maximum atomic E-state index is 12.3. The number of esters is 2. The SMILES string of the molecule is CCOC(=O)CCCNC(=O)COC(=O)c1ccccc1SCc1nc(C)no1. The minimum Gasteiger partial charge on any atom is -0.466 e. The van der Waals surface area contributed by atoms with Gasteiger partial charge in [0.15, 0.2) is 12.4 Å². The van der Waals surface area contributed by atoms with Crippen molar-refractivity contribution in [3.63, 3.8) is 0 Å². The van der Waals surface area contributed by atoms with Crippen molar-refractivity contribution >= 4 is 29.6 Å². The summed E-state index contributed by atoms with van der Waals surface area (Å²) in [5.74, 6) is 0.0640. The van der Waals surface area contributed by atoms with Gasteiger partial charge in [-0.3, -0.25) is 9.59 Å². The predicted octanol–water partition coefficient (Wildman–Crippen LogP) is 2.29. The summed E-state index contributed by atoms with van der Waals surface area (Å²) in [5.41, 5.74) is 0.351. The minimum absolute atomic E-state index is 0.220. The summed E-state index contributed by atoms with van der Waals surface area (Å²) in [7, 11) is 0. The topological polar surface area (TPSA) is 121 Å². The van der Waals surface area contributed by atoms with Crippen LogP contribution < -0.4 is 5.32 Å². The fourth-order valence-corrected chi connectivity index (χ4v) is 3.13. The Kier molecular flexibility index (Phi) is 9.16. The monoisotopic (exact) mass is 421 g/mol. The number of carbonyl (C=O) groups excluding carboxylic acids is 3. The second kappa shape index (κ2) is 11.8. The Bertz CT molecular complexity index is 839. The van der Waals surface area contributed by atoms with Crippen molar-refractivity contribution in [2.75, 3.05) is 19.8 Å². The summed E-state index contributed by atoms with van der Waals surface area (Å²) in [6.45, 7) is 3.68. The number of thioether (sulfide) groups is 1. The maximum absolute atomic E-state index is 12.3. The van der Waals surface area contributed by atoms with Crippen LogP contribution in [0.5, 0.6) is 0 Å². The predicted molar refractivity (Wildman–Crippen MR) is 104 cm³/mol. The molecule has 0 aliphatic rings. The molecule has 0 aliphatic heterocycles. The summed E-state index contributed by atoms with van der Waals surface area (Å²) in [6, 6.07) is 6.92. The summed E-state index contributed by atoms with van der Waals surface area (Å²) >= 11 is 1.36. The van der Waals surface area contributed by atoms with Crippen LogP contribution in [0, 0.1) is 6.92 Å². The van der Waals surface area contributed by atoms with Gasteiger partial charge in [0, 0.05) is 17.9 Å². The summed E-state index contributed by atoms with van der Waals surface area (Å²) in [5, 5.41) is 6.32. The van der Waals surface area contributed by atoms with E-state index in [0.717, 1.165) is 0 Å². The van der Waals surface area contributed by atoms with Gasteiger partial charge in [-0.05, 0) is 32.4 Å². The first-order chi connectivity index (χ1) is 14.0. The summed E-state index contributed by atoms with van der Waals surface area (Å²) in [4.78, 5) is 40.2. The van der Waals surface area contributed by atoms with E-state index in [0.29, 0.717) is 47.5 Å². The van der Waals surface area contributed by atoms with Crippen molar-refractivity contribution in [2.24, 2.45) is 0 Å². The van der Waals surface area contributed by atoms with Gasteiger partial charge >= 0.3 is 11.9 Å². The van der Waals surface area contributed by atoms with E-state index >= 15 is 0 Å². The second-order valence-electron chi connectivity index (χ2n) is 5.85. The number of hydrogen-bond acceptors (Lipinski definition) is 9. The molecule has 1 aromatic heterocycles. The molecule has 0 bridgehead atoms. The van der Waals surface area contributed by atoms with Crippen molar-refractivity contribution in [1.82, 2.24) is 15.5 Å². The average Bonchev–Trinajstić information content (AvgIpc) is 3.13. The molecule has 0 atom stereocenters. The number of benzene rings is 1. The first kappa shape index (κ1) is 22.4. The van der Waals surface area contributed by atoms with E-state index in [2.05, 4.69) is 15.5 Å². The number of nitrogens with one attached hydrogen (secondary N) is 1. The highest BCUT2D eigenvalue weighted by molar-refractivity contribution is 7.98. The number of hydrogen-bond donors (Lipinski definition) is 1. The molecular weight excluding hydrogens is 398 g/mol. The Morgan fingerprint density at radius 3 is 2.72 bits per heavy atom. The molecule has 10 heteroatoms. The van der Waals surface area contributed by atoms with E-state index in [4.69, 9.17) is 14.0 Å². The molecule has 2 aromatic rings. The van der Waals surface area contributed by atoms with Crippen molar-refractivity contribution in [3.8, 4) is 0 Å². The van der Waals surface area contributed by atoms with Crippen LogP contribution in [0.25, 0.3) is 0 Å². The van der Waals surface area contributed by atoms with Crippen molar-refractivity contribution in [2.45, 2.75) is 37.3 Å². The van der Waals surface area contributed by atoms with E-state index in [9.17, 15) is 14.4 Å². The zero-order chi connectivity index (χ0) is 21.1. The Morgan fingerprint density at radius 1 is 1.21 bits per heavy atom. The highest BCUT2D eigenvalue weighted by atomic mass is 32.2. The van der Waals surface area contributed by atoms with Crippen LogP contribution >= 0.6 is 11.8 Å². The number of aromatic nitrogens is 2. The van der Waals surface area contributed by atoms with Gasteiger partial charge in [0.2, 0.25) is 5.89 Å². The van der Waals surface area contributed by atoms with Crippen LogP contribution in [-0.4, -0.2) is 47.7 Å². The molecule has 29 heavy (non-hydrogen) atoms. The molecule has 2 rings (SSSR count). The Hall–Kier alpha value is -2.88. The molecule has 1 N–H and O–H groups in total. The lowest BCUT2D eigenvalue weighted by atomic mass is 10.2. The first-order valence-electron chi connectivity index (χ1n) is 9.10. The van der Waals surface area contributed by atoms with Gasteiger partial charge in [-0.25, -0.2) is 4.79 Å². The van der Waals surface area contributed by atoms with Gasteiger partial charge in [-0.2, -0.15) is 4.98 Å². The fraction of sp³-hybridized carbons (Fsp3) is 0.421. The molecule has 0 radical (unpaired) electrons. The lowest BCUT2D eigenvalue weighted by Crippen LogP contribution is -2.30. The van der Waals surface area contributed by atoms with Gasteiger partial charge in [-0.1, -0.05) is 17.3 Å². The van der Waals surface area contributed by atoms with E-state index in [1.807, 2.05) is 0 Å². The van der Waals surface area contributed by atoms with Gasteiger partial charge in [0.05, 0.1) is 17.9 Å². The molecule has 9 nitrogen and oxygen atoms in total. The minimum atomic E-state index is -0.600. The van der Waals surface area contributed by atoms with Crippen LogP contribution in [0.2, 0.25) is 0 Å². The fourth-order valence-electron chi connectivity index (χ4n) is 2.25. The molecule has 0 spiro atoms. The molecule has 1 amide bonds. The highest BCUT2D eigenvalue weighted by Gasteiger charge is 2.15. The number of rotatable bonds is 11. The molecule has 156 valence electrons. The van der Waals surface area contributed by atoms with Crippen LogP contribution in [0.4, 0.5) is 0 Å². The zero-order valence-corrected chi connectivity index (χ0v) is 17.1. The number of carbonyl (C=O) groups is 3. The quantitative estimate of drug-likeness (QED) is 0.331. The lowest BCUT2D eigenvalue weighted by molar-refractivity contribution is -0.143. The zero-order valence-electron chi connectivity index (χ0n) is 16.3. The molecule has 0 saturated heterocycles. The number of ether oxygens (including phenoxy) is 2. The van der Waals surface area contributed by atoms with Gasteiger partial charge in [0.25, 0.3) is 5.91 Å². The van der Waals surface area contributed by atoms with Crippen molar-refractivity contribution in [1.29, 1.82) is 0 Å². The highest BCUT2D eigenvalue weighted by Crippen LogP contribution is 2.26. The first-order valence-corrected chi connectivity index (χ1v) is 10.1. The number of nitrogens with zero attached hydrogens (tertiary/aromatic N) is 2. The second-order valence-corrected chi connectivity index (χ2v) is 6.87. The maximum Gasteiger partial charge on any atom is 0.339 e. The molecular formula is C19H23N3O6S. The van der Waals surface area contributed by atoms with Crippen LogP contribution in [0.3, 0.4) is 0 Å². The number of aryl methyl sites for hydroxylation is 1. The Morgan fingerprint density at radius 2 is 2.00 bits per heavy atom. The normalized spacial score (nSPS) is 10.4. The summed E-state index contributed by atoms with van der Waals surface area (Å²) < 4.78 is 15.0. The van der Waals surface area contributed by atoms with Crippen LogP contribution in [-0.2, 0) is 24.8 Å². The van der Waals surface area contributed by atoms with Gasteiger partial charge < -0.3 is 19.3 Å². The summed E-state index contributed by atoms with van der Waals surface area (Å²) in [6.07, 6.45) is 0.672. The van der Waals surface area contributed by atoms with E-state index in [1.165, 1.54) is 11.8 Å². The number of amides is 1. The third-order valence-corrected chi connectivity index (χ3v) is 4.61. The smallest absolute Gasteiger partial charge is 0.339 e. The van der Waals surface area contributed by atoms with Crippen molar-refractivity contribution in [3.05, 3.63) is 41.5 Å². The van der Waals surface area contributed by atoms with E-state index < -0.39 is 18.5 Å². The standard InChI is InChI=1S/C19H23N3O6S/c1-3-26-18(24)9-6-10-20-16(23)11-27-19(25)14-7-4-5-8-15(14)29-12-17-21-13(2)22-28-17/h4-5,7-8H,3,6,9-12H2,1-2H3,(H,20,23). The van der Waals surface area contributed by atoms with Gasteiger partial charge in [-0.15, -0.1) is 11.8 Å². The lowest BCUT2D eigenvalue weighted by Gasteiger charge is -2.09. The van der Waals surface area contributed by atoms with Crippen LogP contribution in [0.15, 0.2) is 33.7 Å². The molecule has 1 aromatic carbocycles. The molecule has 1 heterocycles. The Balaban J connectivity index is 1.77. The molecule has 0 unspecified atom stereocenters. The molecule has 0 aliphatic carbocycles. The average molecular weight is 421 g/mol. The molecule has 0 fully saturated rings. The van der Waals surface area contributed by atoms with Gasteiger partial charge in [0.1, 0.15) is 0 Å². The van der Waals surface area contributed by atoms with E-state index in [-0.39, 0.29) is 12.4 Å². The van der Waals surface area contributed by atoms with Crippen molar-refractivity contribution < 1.29 is 28.4 Å². The third kappa shape index (κ3) is 7.94. The Labute approximate surface area is 172 Å².